The zero-order valence-corrected chi connectivity index (χ0v) is 18.3. The molecule has 3 aliphatic heterocycles. The van der Waals surface area contributed by atoms with Gasteiger partial charge < -0.3 is 29.2 Å². The molecule has 0 aromatic rings. The van der Waals surface area contributed by atoms with E-state index in [1.807, 2.05) is 0 Å². The first-order chi connectivity index (χ1) is 14.3. The molecule has 0 aliphatic carbocycles. The SMILES string of the molecule is C/C=C(\C)C(=O)O[C@@H]1C[C@](C)(O)[C@]2(O)CC[C@@](C)(/C=C3/OC(=O)C(COC(C)=O)=C31)O2. The van der Waals surface area contributed by atoms with Crippen LogP contribution in [0.3, 0.4) is 0 Å². The standard InChI is InChI=1S/C22H28O9/c1-6-12(2)18(24)29-16-10-21(5,26)22(27)8-7-20(4,31-22)9-15-17(16)14(19(25)30-15)11-28-13(3)23/h6,9,16,26-27H,7-8,10-11H2,1-5H3/b12-6+,15-9+/t16-,20+,21+,22+/m1/s1. The molecule has 0 amide bonds. The van der Waals surface area contributed by atoms with Crippen LogP contribution in [0.1, 0.15) is 53.9 Å². The van der Waals surface area contributed by atoms with E-state index in [-0.39, 0.29) is 36.4 Å². The molecule has 9 nitrogen and oxygen atoms in total. The molecule has 170 valence electrons. The molecule has 0 saturated carbocycles. The smallest absolute Gasteiger partial charge is 0.343 e. The minimum Gasteiger partial charge on any atom is -0.461 e. The van der Waals surface area contributed by atoms with Gasteiger partial charge in [0.2, 0.25) is 0 Å². The van der Waals surface area contributed by atoms with Gasteiger partial charge in [-0.1, -0.05) is 6.08 Å². The Hall–Kier alpha value is -2.49. The molecule has 0 aromatic carbocycles. The Balaban J connectivity index is 2.17. The normalized spacial score (nSPS) is 37.1. The molecule has 0 aromatic heterocycles. The van der Waals surface area contributed by atoms with Gasteiger partial charge in [-0.25, -0.2) is 9.59 Å². The number of hydrogen-bond acceptors (Lipinski definition) is 9. The molecule has 4 atom stereocenters. The highest BCUT2D eigenvalue weighted by Crippen LogP contribution is 2.49. The molecule has 3 heterocycles. The molecule has 3 rings (SSSR count). The van der Waals surface area contributed by atoms with Crippen molar-refractivity contribution in [2.45, 2.75) is 77.0 Å². The molecule has 2 bridgehead atoms. The van der Waals surface area contributed by atoms with E-state index in [0.29, 0.717) is 12.0 Å². The second-order valence-electron chi connectivity index (χ2n) is 8.61. The van der Waals surface area contributed by atoms with Gasteiger partial charge in [0.25, 0.3) is 0 Å². The van der Waals surface area contributed by atoms with E-state index >= 15 is 0 Å². The lowest BCUT2D eigenvalue weighted by Gasteiger charge is -2.40. The molecule has 0 radical (unpaired) electrons. The van der Waals surface area contributed by atoms with Crippen LogP contribution in [0.15, 0.2) is 34.6 Å². The van der Waals surface area contributed by atoms with Crippen LogP contribution in [0, 0.1) is 0 Å². The molecule has 1 fully saturated rings. The summed E-state index contributed by atoms with van der Waals surface area (Å²) in [6.45, 7) is 7.13. The average molecular weight is 436 g/mol. The Morgan fingerprint density at radius 1 is 1.26 bits per heavy atom. The van der Waals surface area contributed by atoms with Crippen LogP contribution in [0.4, 0.5) is 0 Å². The molecule has 2 N–H and O–H groups in total. The lowest BCUT2D eigenvalue weighted by Crippen LogP contribution is -2.54. The van der Waals surface area contributed by atoms with E-state index in [1.165, 1.54) is 19.9 Å². The van der Waals surface area contributed by atoms with Gasteiger partial charge in [0.1, 0.15) is 24.1 Å². The summed E-state index contributed by atoms with van der Waals surface area (Å²) in [5, 5.41) is 22.3. The number of aliphatic hydroxyl groups is 2. The molecular weight excluding hydrogens is 408 g/mol. The molecule has 0 spiro atoms. The van der Waals surface area contributed by atoms with E-state index in [4.69, 9.17) is 18.9 Å². The number of carbonyl (C=O) groups is 3. The van der Waals surface area contributed by atoms with Crippen LogP contribution in [0.25, 0.3) is 0 Å². The summed E-state index contributed by atoms with van der Waals surface area (Å²) in [6, 6.07) is 0. The van der Waals surface area contributed by atoms with Crippen LogP contribution >= 0.6 is 0 Å². The number of rotatable bonds is 4. The van der Waals surface area contributed by atoms with Crippen LogP contribution in [-0.2, 0) is 33.3 Å². The van der Waals surface area contributed by atoms with Crippen molar-refractivity contribution >= 4 is 17.9 Å². The summed E-state index contributed by atoms with van der Waals surface area (Å²) in [6.07, 6.45) is 2.13. The Morgan fingerprint density at radius 2 is 1.94 bits per heavy atom. The van der Waals surface area contributed by atoms with Crippen molar-refractivity contribution < 1.29 is 43.5 Å². The Kier molecular flexibility index (Phi) is 5.90. The summed E-state index contributed by atoms with van der Waals surface area (Å²) in [5.41, 5.74) is -2.38. The third-order valence-corrected chi connectivity index (χ3v) is 6.01. The van der Waals surface area contributed by atoms with Gasteiger partial charge in [-0.3, -0.25) is 4.79 Å². The van der Waals surface area contributed by atoms with Crippen molar-refractivity contribution in [2.75, 3.05) is 6.61 Å². The third-order valence-electron chi connectivity index (χ3n) is 6.01. The lowest BCUT2D eigenvalue weighted by atomic mass is 9.82. The number of fused-ring (bicyclic) bond motifs is 3. The number of ether oxygens (including phenoxy) is 4. The minimum atomic E-state index is -1.90. The van der Waals surface area contributed by atoms with Crippen LogP contribution < -0.4 is 0 Å². The number of allylic oxidation sites excluding steroid dienone is 1. The third kappa shape index (κ3) is 4.30. The molecule has 3 aliphatic rings. The second kappa shape index (κ2) is 7.89. The quantitative estimate of drug-likeness (QED) is 0.383. The Bertz CT molecular complexity index is 910. The second-order valence-corrected chi connectivity index (χ2v) is 8.61. The molecule has 31 heavy (non-hydrogen) atoms. The summed E-state index contributed by atoms with van der Waals surface area (Å²) in [5.74, 6) is -3.82. The molecule has 1 saturated heterocycles. The monoisotopic (exact) mass is 436 g/mol. The van der Waals surface area contributed by atoms with Crippen molar-refractivity contribution in [1.29, 1.82) is 0 Å². The fourth-order valence-corrected chi connectivity index (χ4v) is 3.97. The van der Waals surface area contributed by atoms with Gasteiger partial charge in [0, 0.05) is 30.9 Å². The maximum Gasteiger partial charge on any atom is 0.343 e. The highest BCUT2D eigenvalue weighted by molar-refractivity contribution is 5.96. The predicted molar refractivity (Wildman–Crippen MR) is 106 cm³/mol. The summed E-state index contributed by atoms with van der Waals surface area (Å²) < 4.78 is 21.9. The molecular formula is C22H28O9. The zero-order chi connectivity index (χ0) is 23.2. The highest BCUT2D eigenvalue weighted by atomic mass is 16.7. The highest BCUT2D eigenvalue weighted by Gasteiger charge is 2.58. The lowest BCUT2D eigenvalue weighted by molar-refractivity contribution is -0.298. The number of carbonyl (C=O) groups excluding carboxylic acids is 3. The molecule has 9 heteroatoms. The first-order valence-corrected chi connectivity index (χ1v) is 10.1. The fourth-order valence-electron chi connectivity index (χ4n) is 3.97. The predicted octanol–water partition coefficient (Wildman–Crippen LogP) is 1.58. The van der Waals surface area contributed by atoms with Gasteiger partial charge >= 0.3 is 17.9 Å². The number of hydrogen-bond donors (Lipinski definition) is 2. The van der Waals surface area contributed by atoms with E-state index in [2.05, 4.69) is 0 Å². The Labute approximate surface area is 180 Å². The van der Waals surface area contributed by atoms with Crippen molar-refractivity contribution in [3.63, 3.8) is 0 Å². The Morgan fingerprint density at radius 3 is 2.55 bits per heavy atom. The first kappa shape index (κ1) is 23.2. The number of esters is 3. The van der Waals surface area contributed by atoms with Gasteiger partial charge in [0.15, 0.2) is 5.79 Å². The van der Waals surface area contributed by atoms with E-state index in [9.17, 15) is 24.6 Å². The van der Waals surface area contributed by atoms with Crippen molar-refractivity contribution in [3.05, 3.63) is 34.6 Å². The molecule has 0 unspecified atom stereocenters. The van der Waals surface area contributed by atoms with E-state index < -0.39 is 41.0 Å². The van der Waals surface area contributed by atoms with Gasteiger partial charge in [0.05, 0.1) is 11.2 Å². The summed E-state index contributed by atoms with van der Waals surface area (Å²) in [7, 11) is 0. The van der Waals surface area contributed by atoms with Gasteiger partial charge in [-0.05, 0) is 40.2 Å². The van der Waals surface area contributed by atoms with Crippen LogP contribution in [-0.4, -0.2) is 57.8 Å². The first-order valence-electron chi connectivity index (χ1n) is 10.1. The van der Waals surface area contributed by atoms with Crippen molar-refractivity contribution in [1.82, 2.24) is 0 Å². The summed E-state index contributed by atoms with van der Waals surface area (Å²) >= 11 is 0. The van der Waals surface area contributed by atoms with E-state index in [1.54, 1.807) is 26.8 Å². The van der Waals surface area contributed by atoms with Gasteiger partial charge in [-0.2, -0.15) is 0 Å². The van der Waals surface area contributed by atoms with E-state index in [0.717, 1.165) is 0 Å². The van der Waals surface area contributed by atoms with Crippen LogP contribution in [0.2, 0.25) is 0 Å². The topological polar surface area (TPSA) is 129 Å². The van der Waals surface area contributed by atoms with Crippen LogP contribution in [0.5, 0.6) is 0 Å². The minimum absolute atomic E-state index is 0.00143. The summed E-state index contributed by atoms with van der Waals surface area (Å²) in [4.78, 5) is 36.5. The van der Waals surface area contributed by atoms with Crippen molar-refractivity contribution in [3.8, 4) is 0 Å². The average Bonchev–Trinajstić information content (AvgIpc) is 3.14. The largest absolute Gasteiger partial charge is 0.461 e. The van der Waals surface area contributed by atoms with Gasteiger partial charge in [-0.15, -0.1) is 0 Å². The maximum absolute atomic E-state index is 12.6. The zero-order valence-electron chi connectivity index (χ0n) is 18.3. The van der Waals surface area contributed by atoms with Crippen molar-refractivity contribution in [2.24, 2.45) is 0 Å². The maximum atomic E-state index is 12.6. The fraction of sp³-hybridized carbons (Fsp3) is 0.591.